The summed E-state index contributed by atoms with van der Waals surface area (Å²) in [7, 11) is -3.22. The minimum atomic E-state index is -3.22. The van der Waals surface area contributed by atoms with Crippen molar-refractivity contribution in [2.45, 2.75) is 43.9 Å². The van der Waals surface area contributed by atoms with E-state index in [9.17, 15) is 8.42 Å². The third-order valence-electron chi connectivity index (χ3n) is 3.73. The lowest BCUT2D eigenvalue weighted by Gasteiger charge is -2.22. The van der Waals surface area contributed by atoms with Crippen LogP contribution in [0.3, 0.4) is 0 Å². The molecule has 0 radical (unpaired) electrons. The molecule has 2 rings (SSSR count). The average Bonchev–Trinajstić information content (AvgIpc) is 2.53. The molecular formula is C16H21NO3S. The molecule has 1 aromatic rings. The van der Waals surface area contributed by atoms with E-state index in [1.165, 1.54) is 0 Å². The van der Waals surface area contributed by atoms with Crippen LogP contribution in [0.25, 0.3) is 0 Å². The molecule has 1 saturated carbocycles. The minimum absolute atomic E-state index is 0.164. The van der Waals surface area contributed by atoms with Crippen LogP contribution >= 0.6 is 0 Å². The second kappa shape index (κ2) is 7.60. The van der Waals surface area contributed by atoms with Crippen molar-refractivity contribution in [3.05, 3.63) is 35.4 Å². The molecule has 0 unspecified atom stereocenters. The highest BCUT2D eigenvalue weighted by molar-refractivity contribution is 7.90. The number of hydrogen-bond acceptors (Lipinski definition) is 3. The van der Waals surface area contributed by atoms with Crippen LogP contribution in [0.2, 0.25) is 0 Å². The van der Waals surface area contributed by atoms with E-state index < -0.39 is 10.0 Å². The molecule has 0 aliphatic heterocycles. The number of rotatable bonds is 4. The Labute approximate surface area is 126 Å². The average molecular weight is 307 g/mol. The molecule has 0 heterocycles. The molecule has 0 bridgehead atoms. The third-order valence-corrected chi connectivity index (χ3v) is 5.63. The summed E-state index contributed by atoms with van der Waals surface area (Å²) in [6.45, 7) is 0.148. The predicted molar refractivity (Wildman–Crippen MR) is 83.0 cm³/mol. The van der Waals surface area contributed by atoms with Gasteiger partial charge in [-0.25, -0.2) is 13.1 Å². The topological polar surface area (TPSA) is 66.4 Å². The van der Waals surface area contributed by atoms with Gasteiger partial charge in [-0.15, -0.1) is 0 Å². The van der Waals surface area contributed by atoms with Gasteiger partial charge in [0.15, 0.2) is 0 Å². The van der Waals surface area contributed by atoms with Crippen LogP contribution in [0.15, 0.2) is 24.3 Å². The molecule has 5 heteroatoms. The summed E-state index contributed by atoms with van der Waals surface area (Å²) in [4.78, 5) is 0. The van der Waals surface area contributed by atoms with Gasteiger partial charge in [0.05, 0.1) is 5.25 Å². The standard InChI is InChI=1S/C16H21NO3S/c18-12-4-5-14-8-10-15(11-9-14)13-17-21(19,20)16-6-2-1-3-7-16/h8-11,16-18H,1-3,6-7,12-13H2. The number of aliphatic hydroxyl groups excluding tert-OH is 1. The fraction of sp³-hybridized carbons (Fsp3) is 0.500. The van der Waals surface area contributed by atoms with Crippen LogP contribution in [0, 0.1) is 11.8 Å². The first kappa shape index (κ1) is 16.0. The predicted octanol–water partition coefficient (Wildman–Crippen LogP) is 1.78. The molecule has 21 heavy (non-hydrogen) atoms. The van der Waals surface area contributed by atoms with E-state index in [1.54, 1.807) is 0 Å². The van der Waals surface area contributed by atoms with Crippen LogP contribution in [-0.2, 0) is 16.6 Å². The van der Waals surface area contributed by atoms with Crippen LogP contribution < -0.4 is 4.72 Å². The molecule has 1 fully saturated rings. The Kier molecular flexibility index (Phi) is 5.80. The van der Waals surface area contributed by atoms with Gasteiger partial charge in [-0.1, -0.05) is 43.2 Å². The molecule has 1 aliphatic rings. The van der Waals surface area contributed by atoms with Crippen molar-refractivity contribution in [1.29, 1.82) is 0 Å². The Morgan fingerprint density at radius 3 is 2.43 bits per heavy atom. The van der Waals surface area contributed by atoms with Crippen LogP contribution in [0.1, 0.15) is 43.2 Å². The maximum atomic E-state index is 12.2. The zero-order valence-corrected chi connectivity index (χ0v) is 12.8. The van der Waals surface area contributed by atoms with Crippen LogP contribution in [-0.4, -0.2) is 25.4 Å². The highest BCUT2D eigenvalue weighted by Crippen LogP contribution is 2.23. The molecule has 0 atom stereocenters. The molecule has 2 N–H and O–H groups in total. The van der Waals surface area contributed by atoms with E-state index >= 15 is 0 Å². The van der Waals surface area contributed by atoms with Crippen molar-refractivity contribution < 1.29 is 13.5 Å². The summed E-state index contributed by atoms with van der Waals surface area (Å²) in [6, 6.07) is 7.36. The van der Waals surface area contributed by atoms with E-state index in [0.717, 1.165) is 43.2 Å². The van der Waals surface area contributed by atoms with Crippen molar-refractivity contribution >= 4 is 10.0 Å². The van der Waals surface area contributed by atoms with Gasteiger partial charge >= 0.3 is 0 Å². The van der Waals surface area contributed by atoms with Gasteiger partial charge in [-0.05, 0) is 30.5 Å². The van der Waals surface area contributed by atoms with E-state index in [2.05, 4.69) is 16.6 Å². The van der Waals surface area contributed by atoms with Gasteiger partial charge in [-0.3, -0.25) is 0 Å². The van der Waals surface area contributed by atoms with Crippen molar-refractivity contribution in [3.8, 4) is 11.8 Å². The number of sulfonamides is 1. The molecule has 114 valence electrons. The SMILES string of the molecule is O=S(=O)(NCc1ccc(C#CCO)cc1)C1CCCCC1. The van der Waals surface area contributed by atoms with Gasteiger partial charge in [0.25, 0.3) is 0 Å². The highest BCUT2D eigenvalue weighted by Gasteiger charge is 2.26. The Balaban J connectivity index is 1.92. The van der Waals surface area contributed by atoms with Gasteiger partial charge in [0.1, 0.15) is 6.61 Å². The second-order valence-corrected chi connectivity index (χ2v) is 7.33. The first-order valence-electron chi connectivity index (χ1n) is 7.29. The van der Waals surface area contributed by atoms with Gasteiger partial charge in [-0.2, -0.15) is 0 Å². The summed E-state index contributed by atoms with van der Waals surface area (Å²) < 4.78 is 27.1. The number of nitrogens with one attached hydrogen (secondary N) is 1. The van der Waals surface area contributed by atoms with Crippen LogP contribution in [0.4, 0.5) is 0 Å². The first-order chi connectivity index (χ1) is 10.1. The van der Waals surface area contributed by atoms with E-state index in [-0.39, 0.29) is 11.9 Å². The normalized spacial score (nSPS) is 16.2. The summed E-state index contributed by atoms with van der Waals surface area (Å²) >= 11 is 0. The lowest BCUT2D eigenvalue weighted by atomic mass is 10.0. The zero-order chi connectivity index (χ0) is 15.1. The molecule has 0 amide bonds. The van der Waals surface area contributed by atoms with E-state index in [4.69, 9.17) is 5.11 Å². The quantitative estimate of drug-likeness (QED) is 0.833. The lowest BCUT2D eigenvalue weighted by Crippen LogP contribution is -2.35. The molecule has 1 aliphatic carbocycles. The summed E-state index contributed by atoms with van der Waals surface area (Å²) in [5.41, 5.74) is 1.71. The lowest BCUT2D eigenvalue weighted by molar-refractivity contribution is 0.350. The third kappa shape index (κ3) is 4.85. The Morgan fingerprint density at radius 2 is 1.81 bits per heavy atom. The largest absolute Gasteiger partial charge is 0.384 e. The van der Waals surface area contributed by atoms with Crippen molar-refractivity contribution in [1.82, 2.24) is 4.72 Å². The number of benzene rings is 1. The summed E-state index contributed by atoms with van der Waals surface area (Å²) in [6.07, 6.45) is 4.69. The Morgan fingerprint density at radius 1 is 1.14 bits per heavy atom. The van der Waals surface area contributed by atoms with Crippen molar-refractivity contribution in [3.63, 3.8) is 0 Å². The number of aliphatic hydroxyl groups is 1. The van der Waals surface area contributed by atoms with Gasteiger partial charge < -0.3 is 5.11 Å². The summed E-state index contributed by atoms with van der Waals surface area (Å²) in [5.74, 6) is 5.38. The monoisotopic (exact) mass is 307 g/mol. The van der Waals surface area contributed by atoms with Gasteiger partial charge in [0, 0.05) is 12.1 Å². The second-order valence-electron chi connectivity index (χ2n) is 5.28. The molecule has 4 nitrogen and oxygen atoms in total. The highest BCUT2D eigenvalue weighted by atomic mass is 32.2. The molecule has 1 aromatic carbocycles. The van der Waals surface area contributed by atoms with Crippen molar-refractivity contribution in [2.24, 2.45) is 0 Å². The molecule has 0 spiro atoms. The molecular weight excluding hydrogens is 286 g/mol. The number of hydrogen-bond donors (Lipinski definition) is 2. The molecule has 0 saturated heterocycles. The van der Waals surface area contributed by atoms with Crippen molar-refractivity contribution in [2.75, 3.05) is 6.61 Å². The molecule has 0 aromatic heterocycles. The Bertz CT molecular complexity index is 605. The minimum Gasteiger partial charge on any atom is -0.384 e. The van der Waals surface area contributed by atoms with Gasteiger partial charge in [0.2, 0.25) is 10.0 Å². The zero-order valence-electron chi connectivity index (χ0n) is 12.0. The maximum Gasteiger partial charge on any atom is 0.214 e. The van der Waals surface area contributed by atoms with E-state index in [0.29, 0.717) is 6.54 Å². The first-order valence-corrected chi connectivity index (χ1v) is 8.83. The Hall–Kier alpha value is -1.35. The smallest absolute Gasteiger partial charge is 0.214 e. The van der Waals surface area contributed by atoms with Crippen LogP contribution in [0.5, 0.6) is 0 Å². The fourth-order valence-electron chi connectivity index (χ4n) is 2.52. The maximum absolute atomic E-state index is 12.2. The summed E-state index contributed by atoms with van der Waals surface area (Å²) in [5, 5.41) is 8.39. The van der Waals surface area contributed by atoms with E-state index in [1.807, 2.05) is 24.3 Å². The fourth-order valence-corrected chi connectivity index (χ4v) is 4.08.